The minimum atomic E-state index is -0.979. The lowest BCUT2D eigenvalue weighted by molar-refractivity contribution is 0.194. The van der Waals surface area contributed by atoms with E-state index in [0.29, 0.717) is 13.0 Å². The van der Waals surface area contributed by atoms with E-state index in [4.69, 9.17) is 5.11 Å². The smallest absolute Gasteiger partial charge is 0.404 e. The summed E-state index contributed by atoms with van der Waals surface area (Å²) < 4.78 is 0. The molecule has 0 aliphatic heterocycles. The van der Waals surface area contributed by atoms with Crippen molar-refractivity contribution >= 4 is 23.5 Å². The number of hydrogen-bond donors (Lipinski definition) is 2. The first-order chi connectivity index (χ1) is 8.22. The third kappa shape index (κ3) is 6.39. The fourth-order valence-corrected chi connectivity index (χ4v) is 2.61. The zero-order valence-corrected chi connectivity index (χ0v) is 10.8. The first-order valence-corrected chi connectivity index (χ1v) is 6.67. The maximum atomic E-state index is 10.4. The molecule has 4 nitrogen and oxygen atoms in total. The lowest BCUT2D eigenvalue weighted by Crippen LogP contribution is -2.26. The Hall–Kier alpha value is -0.930. The van der Waals surface area contributed by atoms with Gasteiger partial charge < -0.3 is 10.4 Å². The molecular weight excluding hydrogens is 236 g/mol. The Bertz CT molecular complexity index is 284. The fraction of sp³-hybridized carbons (Fsp3) is 0.833. The Kier molecular flexibility index (Phi) is 6.82. The Morgan fingerprint density at radius 3 is 2.76 bits per heavy atom. The molecule has 0 aromatic carbocycles. The Morgan fingerprint density at radius 2 is 2.18 bits per heavy atom. The Balaban J connectivity index is 2.31. The molecule has 2 N–H and O–H groups in total. The molecule has 17 heavy (non-hydrogen) atoms. The van der Waals surface area contributed by atoms with Crippen LogP contribution >= 0.6 is 12.2 Å². The van der Waals surface area contributed by atoms with Gasteiger partial charge in [0.25, 0.3) is 0 Å². The van der Waals surface area contributed by atoms with E-state index in [-0.39, 0.29) is 6.04 Å². The number of carboxylic acid groups (broad SMARTS) is 1. The molecule has 1 rings (SSSR count). The van der Waals surface area contributed by atoms with E-state index >= 15 is 0 Å². The van der Waals surface area contributed by atoms with E-state index < -0.39 is 6.09 Å². The molecular formula is C12H20N2O2S. The van der Waals surface area contributed by atoms with Crippen molar-refractivity contribution in [2.45, 2.75) is 51.0 Å². The largest absolute Gasteiger partial charge is 0.465 e. The van der Waals surface area contributed by atoms with Gasteiger partial charge in [0.05, 0.1) is 11.2 Å². The zero-order chi connectivity index (χ0) is 12.5. The van der Waals surface area contributed by atoms with Crippen LogP contribution in [0, 0.1) is 5.92 Å². The number of hydrogen-bond acceptors (Lipinski definition) is 3. The van der Waals surface area contributed by atoms with E-state index in [1.54, 1.807) is 0 Å². The Labute approximate surface area is 108 Å². The van der Waals surface area contributed by atoms with Crippen molar-refractivity contribution in [3.63, 3.8) is 0 Å². The summed E-state index contributed by atoms with van der Waals surface area (Å²) in [5.41, 5.74) is 0. The van der Waals surface area contributed by atoms with Crippen LogP contribution in [0.2, 0.25) is 0 Å². The van der Waals surface area contributed by atoms with Crippen molar-refractivity contribution in [3.8, 4) is 0 Å². The third-order valence-corrected chi connectivity index (χ3v) is 3.42. The highest BCUT2D eigenvalue weighted by Crippen LogP contribution is 2.28. The van der Waals surface area contributed by atoms with Crippen molar-refractivity contribution < 1.29 is 9.90 Å². The summed E-state index contributed by atoms with van der Waals surface area (Å²) in [6.45, 7) is 0.438. The molecule has 0 heterocycles. The molecule has 1 amide bonds. The van der Waals surface area contributed by atoms with Gasteiger partial charge >= 0.3 is 6.09 Å². The van der Waals surface area contributed by atoms with Gasteiger partial charge in [-0.2, -0.15) is 0 Å². The molecule has 1 unspecified atom stereocenters. The second-order valence-electron chi connectivity index (χ2n) is 4.63. The third-order valence-electron chi connectivity index (χ3n) is 3.32. The number of aliphatic imine (C=N–C) groups is 1. The topological polar surface area (TPSA) is 61.7 Å². The summed E-state index contributed by atoms with van der Waals surface area (Å²) in [7, 11) is 0. The van der Waals surface area contributed by atoms with E-state index in [2.05, 4.69) is 27.7 Å². The predicted molar refractivity (Wildman–Crippen MR) is 70.7 cm³/mol. The quantitative estimate of drug-likeness (QED) is 0.567. The van der Waals surface area contributed by atoms with Crippen molar-refractivity contribution in [2.24, 2.45) is 10.9 Å². The summed E-state index contributed by atoms with van der Waals surface area (Å²) in [6, 6.07) is 0.127. The van der Waals surface area contributed by atoms with Crippen LogP contribution in [0.5, 0.6) is 0 Å². The summed E-state index contributed by atoms with van der Waals surface area (Å²) >= 11 is 4.64. The van der Waals surface area contributed by atoms with Gasteiger partial charge in [-0.25, -0.2) is 9.79 Å². The second-order valence-corrected chi connectivity index (χ2v) is 4.82. The first-order valence-electron chi connectivity index (χ1n) is 6.26. The van der Waals surface area contributed by atoms with Gasteiger partial charge in [0.2, 0.25) is 0 Å². The monoisotopic (exact) mass is 256 g/mol. The van der Waals surface area contributed by atoms with Crippen LogP contribution in [0.4, 0.5) is 4.79 Å². The Morgan fingerprint density at radius 1 is 1.47 bits per heavy atom. The van der Waals surface area contributed by atoms with E-state index in [1.165, 1.54) is 32.1 Å². The number of isothiocyanates is 1. The molecule has 1 fully saturated rings. The van der Waals surface area contributed by atoms with E-state index in [9.17, 15) is 4.79 Å². The fourth-order valence-electron chi connectivity index (χ4n) is 2.46. The van der Waals surface area contributed by atoms with Gasteiger partial charge in [-0.1, -0.05) is 32.1 Å². The molecule has 0 aromatic rings. The van der Waals surface area contributed by atoms with E-state index in [0.717, 1.165) is 12.3 Å². The highest BCUT2D eigenvalue weighted by molar-refractivity contribution is 7.78. The molecule has 1 aliphatic rings. The average molecular weight is 256 g/mol. The molecule has 1 atom stereocenters. The SMILES string of the molecule is O=C(O)NCCC(CC1CCCCC1)N=C=S. The number of amides is 1. The summed E-state index contributed by atoms with van der Waals surface area (Å²) in [5.74, 6) is 0.727. The number of nitrogens with one attached hydrogen (secondary N) is 1. The number of thiocarbonyl (C=S) groups is 1. The lowest BCUT2D eigenvalue weighted by atomic mass is 9.84. The molecule has 0 saturated heterocycles. The molecule has 0 aromatic heterocycles. The molecule has 5 heteroatoms. The van der Waals surface area contributed by atoms with Crippen molar-refractivity contribution in [1.29, 1.82) is 0 Å². The maximum Gasteiger partial charge on any atom is 0.404 e. The lowest BCUT2D eigenvalue weighted by Gasteiger charge is -2.24. The second kappa shape index (κ2) is 8.20. The van der Waals surface area contributed by atoms with Crippen LogP contribution in [0.15, 0.2) is 4.99 Å². The van der Waals surface area contributed by atoms with Gasteiger partial charge in [0.15, 0.2) is 0 Å². The molecule has 1 saturated carbocycles. The van der Waals surface area contributed by atoms with Gasteiger partial charge in [0.1, 0.15) is 0 Å². The predicted octanol–water partition coefficient (Wildman–Crippen LogP) is 3.09. The van der Waals surface area contributed by atoms with Crippen LogP contribution in [0.3, 0.4) is 0 Å². The van der Waals surface area contributed by atoms with Crippen molar-refractivity contribution in [3.05, 3.63) is 0 Å². The van der Waals surface area contributed by atoms with Crippen molar-refractivity contribution in [2.75, 3.05) is 6.54 Å². The first kappa shape index (κ1) is 14.1. The van der Waals surface area contributed by atoms with Crippen LogP contribution in [0.25, 0.3) is 0 Å². The van der Waals surface area contributed by atoms with Gasteiger partial charge in [-0.3, -0.25) is 0 Å². The summed E-state index contributed by atoms with van der Waals surface area (Å²) in [5, 5.41) is 13.3. The number of carbonyl (C=O) groups is 1. The summed E-state index contributed by atoms with van der Waals surface area (Å²) in [4.78, 5) is 14.5. The van der Waals surface area contributed by atoms with Crippen LogP contribution in [0.1, 0.15) is 44.9 Å². The standard InChI is InChI=1S/C12H20N2O2S/c15-12(16)13-7-6-11(14-9-17)8-10-4-2-1-3-5-10/h10-11,13H,1-8H2,(H,15,16). The van der Waals surface area contributed by atoms with Crippen molar-refractivity contribution in [1.82, 2.24) is 5.32 Å². The average Bonchev–Trinajstić information content (AvgIpc) is 2.30. The summed E-state index contributed by atoms with van der Waals surface area (Å²) in [6.07, 6.45) is 7.27. The number of nitrogens with zero attached hydrogens (tertiary/aromatic N) is 1. The highest BCUT2D eigenvalue weighted by Gasteiger charge is 2.18. The molecule has 96 valence electrons. The van der Waals surface area contributed by atoms with Crippen LogP contribution in [-0.2, 0) is 0 Å². The maximum absolute atomic E-state index is 10.4. The number of rotatable bonds is 6. The normalized spacial score (nSPS) is 18.1. The highest BCUT2D eigenvalue weighted by atomic mass is 32.1. The minimum absolute atomic E-state index is 0.127. The molecule has 1 aliphatic carbocycles. The van der Waals surface area contributed by atoms with Crippen LogP contribution in [-0.4, -0.2) is 28.9 Å². The minimum Gasteiger partial charge on any atom is -0.465 e. The molecule has 0 radical (unpaired) electrons. The van der Waals surface area contributed by atoms with Gasteiger partial charge in [-0.15, -0.1) is 0 Å². The van der Waals surface area contributed by atoms with Gasteiger partial charge in [-0.05, 0) is 31.0 Å². The molecule has 0 bridgehead atoms. The zero-order valence-electron chi connectivity index (χ0n) is 10.0. The molecule has 0 spiro atoms. The van der Waals surface area contributed by atoms with Gasteiger partial charge in [0, 0.05) is 6.54 Å². The van der Waals surface area contributed by atoms with Crippen LogP contribution < -0.4 is 5.32 Å². The van der Waals surface area contributed by atoms with E-state index in [1.807, 2.05) is 0 Å².